The van der Waals surface area contributed by atoms with E-state index in [-0.39, 0.29) is 29.7 Å². The van der Waals surface area contributed by atoms with Gasteiger partial charge in [0.05, 0.1) is 18.3 Å². The number of hydrogen-bond donors (Lipinski definition) is 1. The number of anilines is 1. The van der Waals surface area contributed by atoms with E-state index in [9.17, 15) is 9.18 Å². The maximum atomic E-state index is 13.8. The Morgan fingerprint density at radius 1 is 1.52 bits per heavy atom. The lowest BCUT2D eigenvalue weighted by Gasteiger charge is -2.57. The standard InChI is InChI=1S/C17H22ClFN2O2/c1-17(2)15(11-6-7-23-16(11)17)21(3)9-14(22)20-13-5-4-10(18)8-12(13)19/h4-5,8,11,15-16H,6-7,9H2,1-3H3,(H,20,22)/t11-,15+,16-/m0/s1. The molecule has 0 bridgehead atoms. The second kappa shape index (κ2) is 6.04. The fraction of sp³-hybridized carbons (Fsp3) is 0.588. The highest BCUT2D eigenvalue weighted by atomic mass is 35.5. The second-order valence-corrected chi connectivity index (χ2v) is 7.53. The summed E-state index contributed by atoms with van der Waals surface area (Å²) in [6.45, 7) is 5.37. The lowest BCUT2D eigenvalue weighted by atomic mass is 9.57. The number of nitrogens with one attached hydrogen (secondary N) is 1. The fourth-order valence-electron chi connectivity index (χ4n) is 4.30. The third-order valence-electron chi connectivity index (χ3n) is 5.11. The molecule has 0 spiro atoms. The molecule has 1 amide bonds. The van der Waals surface area contributed by atoms with E-state index >= 15 is 0 Å². The molecular weight excluding hydrogens is 319 g/mol. The predicted molar refractivity (Wildman–Crippen MR) is 88.1 cm³/mol. The van der Waals surface area contributed by atoms with Gasteiger partial charge in [0.25, 0.3) is 0 Å². The van der Waals surface area contributed by atoms with E-state index in [1.54, 1.807) is 6.07 Å². The average Bonchev–Trinajstić information content (AvgIpc) is 2.87. The topological polar surface area (TPSA) is 41.6 Å². The molecule has 1 saturated heterocycles. The first kappa shape index (κ1) is 16.7. The Morgan fingerprint density at radius 2 is 2.26 bits per heavy atom. The van der Waals surface area contributed by atoms with Gasteiger partial charge in [0.1, 0.15) is 5.82 Å². The summed E-state index contributed by atoms with van der Waals surface area (Å²) < 4.78 is 19.5. The van der Waals surface area contributed by atoms with Crippen molar-refractivity contribution in [3.8, 4) is 0 Å². The van der Waals surface area contributed by atoms with Gasteiger partial charge in [0.15, 0.2) is 0 Å². The highest BCUT2D eigenvalue weighted by Crippen LogP contribution is 2.54. The van der Waals surface area contributed by atoms with Crippen molar-refractivity contribution in [2.45, 2.75) is 32.4 Å². The van der Waals surface area contributed by atoms with E-state index in [4.69, 9.17) is 16.3 Å². The minimum atomic E-state index is -0.526. The minimum absolute atomic E-state index is 0.0295. The van der Waals surface area contributed by atoms with Gasteiger partial charge in [-0.15, -0.1) is 0 Å². The van der Waals surface area contributed by atoms with Gasteiger partial charge in [0, 0.05) is 29.0 Å². The zero-order chi connectivity index (χ0) is 16.8. The first-order valence-corrected chi connectivity index (χ1v) is 8.25. The summed E-state index contributed by atoms with van der Waals surface area (Å²) in [7, 11) is 1.94. The predicted octanol–water partition coefficient (Wildman–Crippen LogP) is 3.16. The van der Waals surface area contributed by atoms with Crippen molar-refractivity contribution in [2.24, 2.45) is 11.3 Å². The average molecular weight is 341 g/mol. The number of ether oxygens (including phenoxy) is 1. The number of hydrogen-bond acceptors (Lipinski definition) is 3. The molecule has 0 radical (unpaired) electrons. The third kappa shape index (κ3) is 2.97. The molecule has 1 saturated carbocycles. The molecule has 1 aliphatic carbocycles. The zero-order valence-corrected chi connectivity index (χ0v) is 14.4. The zero-order valence-electron chi connectivity index (χ0n) is 13.6. The molecule has 1 aromatic rings. The van der Waals surface area contributed by atoms with Crippen LogP contribution in [0.15, 0.2) is 18.2 Å². The van der Waals surface area contributed by atoms with Crippen molar-refractivity contribution in [3.63, 3.8) is 0 Å². The monoisotopic (exact) mass is 340 g/mol. The highest BCUT2D eigenvalue weighted by Gasteiger charge is 2.60. The number of likely N-dealkylation sites (N-methyl/N-ethyl adjacent to an activating group) is 1. The van der Waals surface area contributed by atoms with Crippen molar-refractivity contribution in [1.29, 1.82) is 0 Å². The van der Waals surface area contributed by atoms with E-state index in [1.807, 2.05) is 7.05 Å². The number of carbonyl (C=O) groups excluding carboxylic acids is 1. The number of benzene rings is 1. The molecule has 4 nitrogen and oxygen atoms in total. The number of rotatable bonds is 4. The Kier molecular flexibility index (Phi) is 4.38. The van der Waals surface area contributed by atoms with Crippen molar-refractivity contribution >= 4 is 23.2 Å². The molecule has 1 N–H and O–H groups in total. The molecule has 23 heavy (non-hydrogen) atoms. The summed E-state index contributed by atoms with van der Waals surface area (Å²) in [6.07, 6.45) is 1.32. The van der Waals surface area contributed by atoms with E-state index in [0.29, 0.717) is 17.0 Å². The number of halogens is 2. The van der Waals surface area contributed by atoms with Gasteiger partial charge in [0.2, 0.25) is 5.91 Å². The maximum Gasteiger partial charge on any atom is 0.238 e. The Balaban J connectivity index is 1.61. The highest BCUT2D eigenvalue weighted by molar-refractivity contribution is 6.30. The van der Waals surface area contributed by atoms with E-state index in [2.05, 4.69) is 24.1 Å². The Labute approximate surface area is 140 Å². The van der Waals surface area contributed by atoms with Crippen molar-refractivity contribution < 1.29 is 13.9 Å². The van der Waals surface area contributed by atoms with E-state index < -0.39 is 5.82 Å². The lowest BCUT2D eigenvalue weighted by Crippen LogP contribution is -2.66. The molecule has 6 heteroatoms. The first-order valence-electron chi connectivity index (χ1n) is 7.87. The molecular formula is C17H22ClFN2O2. The largest absolute Gasteiger partial charge is 0.377 e. The van der Waals surface area contributed by atoms with Crippen LogP contribution in [0.2, 0.25) is 5.02 Å². The molecule has 2 fully saturated rings. The normalized spacial score (nSPS) is 28.3. The minimum Gasteiger partial charge on any atom is -0.377 e. The molecule has 3 rings (SSSR count). The summed E-state index contributed by atoms with van der Waals surface area (Å²) in [5, 5.41) is 2.92. The number of nitrogens with zero attached hydrogens (tertiary/aromatic N) is 1. The van der Waals surface area contributed by atoms with Crippen LogP contribution in [-0.2, 0) is 9.53 Å². The van der Waals surface area contributed by atoms with Gasteiger partial charge in [-0.1, -0.05) is 25.4 Å². The Hall–Kier alpha value is -1.17. The van der Waals surface area contributed by atoms with E-state index in [0.717, 1.165) is 13.0 Å². The smallest absolute Gasteiger partial charge is 0.238 e. The van der Waals surface area contributed by atoms with Crippen molar-refractivity contribution in [3.05, 3.63) is 29.0 Å². The lowest BCUT2D eigenvalue weighted by molar-refractivity contribution is -0.152. The van der Waals surface area contributed by atoms with Crippen LogP contribution < -0.4 is 5.32 Å². The summed E-state index contributed by atoms with van der Waals surface area (Å²) in [5.74, 6) is -0.274. The molecule has 1 heterocycles. The van der Waals surface area contributed by atoms with Crippen LogP contribution in [-0.4, -0.2) is 43.2 Å². The van der Waals surface area contributed by atoms with Gasteiger partial charge >= 0.3 is 0 Å². The van der Waals surface area contributed by atoms with Gasteiger partial charge in [-0.2, -0.15) is 0 Å². The first-order chi connectivity index (χ1) is 10.8. The Morgan fingerprint density at radius 3 is 2.96 bits per heavy atom. The van der Waals surface area contributed by atoms with Crippen LogP contribution >= 0.6 is 11.6 Å². The number of amides is 1. The van der Waals surface area contributed by atoms with Crippen LogP contribution in [0.1, 0.15) is 20.3 Å². The van der Waals surface area contributed by atoms with Crippen LogP contribution in [0.3, 0.4) is 0 Å². The number of fused-ring (bicyclic) bond motifs is 1. The number of carbonyl (C=O) groups is 1. The summed E-state index contributed by atoms with van der Waals surface area (Å²) in [6, 6.07) is 4.52. The molecule has 0 aromatic heterocycles. The SMILES string of the molecule is CN(CC(=O)Nc1ccc(Cl)cc1F)[C@@H]1[C@@H]2CCO[C@@H]2C1(C)C. The van der Waals surface area contributed by atoms with Crippen LogP contribution in [0.4, 0.5) is 10.1 Å². The summed E-state index contributed by atoms with van der Waals surface area (Å²) >= 11 is 5.72. The van der Waals surface area contributed by atoms with Crippen molar-refractivity contribution in [2.75, 3.05) is 25.5 Å². The molecule has 0 unspecified atom stereocenters. The third-order valence-corrected chi connectivity index (χ3v) is 5.35. The second-order valence-electron chi connectivity index (χ2n) is 7.10. The summed E-state index contributed by atoms with van der Waals surface area (Å²) in [5.41, 5.74) is 0.185. The van der Waals surface area contributed by atoms with Crippen LogP contribution in [0, 0.1) is 17.2 Å². The molecule has 1 aliphatic heterocycles. The van der Waals surface area contributed by atoms with Gasteiger partial charge in [-0.3, -0.25) is 9.69 Å². The molecule has 1 aromatic carbocycles. The fourth-order valence-corrected chi connectivity index (χ4v) is 4.46. The maximum absolute atomic E-state index is 13.8. The van der Waals surface area contributed by atoms with E-state index in [1.165, 1.54) is 12.1 Å². The molecule has 3 atom stereocenters. The summed E-state index contributed by atoms with van der Waals surface area (Å²) in [4.78, 5) is 14.3. The molecule has 2 aliphatic rings. The van der Waals surface area contributed by atoms with Gasteiger partial charge in [-0.05, 0) is 31.7 Å². The Bertz CT molecular complexity index is 623. The van der Waals surface area contributed by atoms with Gasteiger partial charge in [-0.25, -0.2) is 4.39 Å². The quantitative estimate of drug-likeness (QED) is 0.915. The van der Waals surface area contributed by atoms with Gasteiger partial charge < -0.3 is 10.1 Å². The molecule has 126 valence electrons. The van der Waals surface area contributed by atoms with Crippen LogP contribution in [0.25, 0.3) is 0 Å². The van der Waals surface area contributed by atoms with Crippen molar-refractivity contribution in [1.82, 2.24) is 4.90 Å². The van der Waals surface area contributed by atoms with Crippen LogP contribution in [0.5, 0.6) is 0 Å².